The van der Waals surface area contributed by atoms with Gasteiger partial charge in [0.25, 0.3) is 0 Å². The Kier molecular flexibility index (Phi) is 9.34. The van der Waals surface area contributed by atoms with Crippen LogP contribution < -0.4 is 9.64 Å². The minimum Gasteiger partial charge on any atom is -0.504 e. The van der Waals surface area contributed by atoms with E-state index in [4.69, 9.17) is 21.4 Å². The number of piperidine rings is 1. The third kappa shape index (κ3) is 5.81. The van der Waals surface area contributed by atoms with Crippen LogP contribution in [0.3, 0.4) is 0 Å². The Morgan fingerprint density at radius 1 is 0.950 bits per heavy atom. The summed E-state index contributed by atoms with van der Waals surface area (Å²) >= 11 is 7.93. The molecule has 60 heavy (non-hydrogen) atoms. The number of aryl methyl sites for hydroxylation is 2. The van der Waals surface area contributed by atoms with Crippen LogP contribution in [-0.2, 0) is 32.8 Å². The van der Waals surface area contributed by atoms with Crippen LogP contribution in [0.5, 0.6) is 11.5 Å². The maximum absolute atomic E-state index is 15.3. The van der Waals surface area contributed by atoms with E-state index in [0.29, 0.717) is 41.4 Å². The number of methoxy groups -OCH3 is 1. The Bertz CT molecular complexity index is 2650. The molecule has 5 heterocycles. The molecule has 1 N–H and O–H groups in total. The Morgan fingerprint density at radius 2 is 1.72 bits per heavy atom. The number of aromatic nitrogens is 2. The molecule has 2 aromatic heterocycles. The first-order valence-corrected chi connectivity index (χ1v) is 21.9. The second-order valence-electron chi connectivity index (χ2n) is 17.3. The van der Waals surface area contributed by atoms with Crippen LogP contribution >= 0.6 is 22.9 Å². The maximum atomic E-state index is 15.3. The van der Waals surface area contributed by atoms with Crippen LogP contribution in [0.25, 0.3) is 20.7 Å². The minimum absolute atomic E-state index is 0.0494. The summed E-state index contributed by atoms with van der Waals surface area (Å²) in [4.78, 5) is 65.6. The van der Waals surface area contributed by atoms with Gasteiger partial charge < -0.3 is 9.84 Å². The van der Waals surface area contributed by atoms with Gasteiger partial charge in [0, 0.05) is 54.4 Å². The van der Waals surface area contributed by atoms with Crippen molar-refractivity contribution in [1.29, 1.82) is 0 Å². The number of anilines is 1. The average molecular weight is 844 g/mol. The van der Waals surface area contributed by atoms with E-state index in [9.17, 15) is 14.7 Å². The van der Waals surface area contributed by atoms with Crippen LogP contribution in [0, 0.1) is 36.0 Å². The number of amides is 4. The third-order valence-electron chi connectivity index (χ3n) is 14.2. The molecule has 4 fully saturated rings. The lowest BCUT2D eigenvalue weighted by Crippen LogP contribution is -2.49. The van der Waals surface area contributed by atoms with Crippen LogP contribution in [0.1, 0.15) is 55.2 Å². The summed E-state index contributed by atoms with van der Waals surface area (Å²) in [6, 6.07) is 22.8. The van der Waals surface area contributed by atoms with Gasteiger partial charge in [-0.2, -0.15) is 5.10 Å². The highest BCUT2D eigenvalue weighted by Crippen LogP contribution is 2.64. The van der Waals surface area contributed by atoms with Crippen molar-refractivity contribution >= 4 is 62.5 Å². The molecule has 2 aliphatic carbocycles. The van der Waals surface area contributed by atoms with Gasteiger partial charge in [0.05, 0.1) is 35.2 Å². The zero-order chi connectivity index (χ0) is 41.8. The molecule has 3 aliphatic heterocycles. The lowest BCUT2D eigenvalue weighted by atomic mass is 9.51. The Balaban J connectivity index is 0.999. The molecule has 5 aliphatic rings. The van der Waals surface area contributed by atoms with E-state index in [0.717, 1.165) is 45.7 Å². The van der Waals surface area contributed by atoms with Crippen molar-refractivity contribution < 1.29 is 29.0 Å². The first-order chi connectivity index (χ1) is 28.9. The van der Waals surface area contributed by atoms with Crippen LogP contribution in [-0.4, -0.2) is 74.6 Å². The molecule has 0 radical (unpaired) electrons. The first kappa shape index (κ1) is 38.9. The number of carbonyl (C=O) groups excluding carboxylic acids is 4. The van der Waals surface area contributed by atoms with E-state index in [2.05, 4.69) is 23.1 Å². The zero-order valence-corrected chi connectivity index (χ0v) is 35.5. The van der Waals surface area contributed by atoms with Crippen molar-refractivity contribution in [3.63, 3.8) is 0 Å². The number of likely N-dealkylation sites (tertiary alicyclic amines) is 2. The standard InChI is InChI=1S/C47H46ClN5O6S/c1-25-32-21-28(48)11-15-38(32)60-42(25)35-23-39(50(3)49-35)53-44(56)34-22-33-30(41(47(34,2)46(53)58)27-10-14-36(54)37(20-27)59-4)12-13-31-40(33)45(57)52(43(31)55)29-16-18-51(19-17-29)24-26-8-6-5-7-9-26/h5-12,14-15,20-21,23,29,31,33-34,40-41,54H,13,16-19,22,24H2,1-4H3. The number of rotatable bonds is 7. The molecule has 6 atom stereocenters. The third-order valence-corrected chi connectivity index (χ3v) is 15.8. The molecule has 0 spiro atoms. The van der Waals surface area contributed by atoms with E-state index in [1.165, 1.54) is 17.6 Å². The number of imide groups is 2. The molecule has 1 saturated carbocycles. The number of halogens is 1. The van der Waals surface area contributed by atoms with Crippen LogP contribution in [0.15, 0.2) is 84.4 Å². The van der Waals surface area contributed by atoms with Crippen molar-refractivity contribution in [2.24, 2.45) is 36.1 Å². The molecule has 13 heteroatoms. The normalized spacial score (nSPS) is 27.1. The topological polar surface area (TPSA) is 125 Å². The largest absolute Gasteiger partial charge is 0.504 e. The smallest absolute Gasteiger partial charge is 0.242 e. The molecular formula is C47H46ClN5O6S. The molecule has 0 bridgehead atoms. The zero-order valence-electron chi connectivity index (χ0n) is 33.9. The number of fused-ring (bicyclic) bond motifs is 5. The van der Waals surface area contributed by atoms with Crippen molar-refractivity contribution in [3.8, 4) is 22.1 Å². The molecule has 5 aromatic rings. The van der Waals surface area contributed by atoms with Gasteiger partial charge in [-0.1, -0.05) is 59.6 Å². The molecule has 6 unspecified atom stereocenters. The van der Waals surface area contributed by atoms with Gasteiger partial charge in [0.1, 0.15) is 11.5 Å². The fraction of sp³-hybridized carbons (Fsp3) is 0.383. The Labute approximate surface area is 357 Å². The molecule has 11 nitrogen and oxygen atoms in total. The number of hydrogen-bond donors (Lipinski definition) is 1. The lowest BCUT2D eigenvalue weighted by Gasteiger charge is -2.49. The lowest BCUT2D eigenvalue weighted by molar-refractivity contribution is -0.144. The number of phenolic OH excluding ortho intramolecular Hbond substituents is 1. The Hall–Kier alpha value is -5.30. The summed E-state index contributed by atoms with van der Waals surface area (Å²) in [6.45, 7) is 6.26. The summed E-state index contributed by atoms with van der Waals surface area (Å²) in [5, 5.41) is 17.2. The van der Waals surface area contributed by atoms with Gasteiger partial charge >= 0.3 is 0 Å². The van der Waals surface area contributed by atoms with Crippen molar-refractivity contribution in [2.45, 2.75) is 58.0 Å². The molecule has 4 amide bonds. The number of hydrogen-bond acceptors (Lipinski definition) is 9. The second kappa shape index (κ2) is 14.4. The quantitative estimate of drug-likeness (QED) is 0.130. The predicted molar refractivity (Wildman–Crippen MR) is 230 cm³/mol. The van der Waals surface area contributed by atoms with E-state index in [1.807, 2.05) is 50.2 Å². The van der Waals surface area contributed by atoms with Crippen molar-refractivity contribution in [1.82, 2.24) is 19.6 Å². The van der Waals surface area contributed by atoms with E-state index < -0.39 is 35.0 Å². The fourth-order valence-electron chi connectivity index (χ4n) is 11.3. The number of nitrogens with zero attached hydrogens (tertiary/aromatic N) is 5. The van der Waals surface area contributed by atoms with Crippen molar-refractivity contribution in [2.75, 3.05) is 25.1 Å². The molecule has 3 saturated heterocycles. The molecule has 308 valence electrons. The molecule has 3 aromatic carbocycles. The summed E-state index contributed by atoms with van der Waals surface area (Å²) in [5.74, 6) is -3.52. The fourth-order valence-corrected chi connectivity index (χ4v) is 12.6. The highest BCUT2D eigenvalue weighted by molar-refractivity contribution is 7.22. The monoisotopic (exact) mass is 843 g/mol. The van der Waals surface area contributed by atoms with Gasteiger partial charge in [-0.05, 0) is 97.9 Å². The van der Waals surface area contributed by atoms with Gasteiger partial charge in [-0.3, -0.25) is 33.7 Å². The second-order valence-corrected chi connectivity index (χ2v) is 18.8. The number of benzene rings is 3. The summed E-state index contributed by atoms with van der Waals surface area (Å²) < 4.78 is 8.20. The van der Waals surface area contributed by atoms with Gasteiger partial charge in [-0.15, -0.1) is 11.3 Å². The average Bonchev–Trinajstić information content (AvgIpc) is 3.92. The predicted octanol–water partition coefficient (Wildman–Crippen LogP) is 7.87. The van der Waals surface area contributed by atoms with E-state index in [-0.39, 0.29) is 47.6 Å². The number of allylic oxidation sites excluding steroid dienone is 2. The summed E-state index contributed by atoms with van der Waals surface area (Å²) in [5.41, 5.74) is 3.20. The summed E-state index contributed by atoms with van der Waals surface area (Å²) in [7, 11) is 3.21. The molecular weight excluding hydrogens is 798 g/mol. The highest BCUT2D eigenvalue weighted by atomic mass is 35.5. The minimum atomic E-state index is -1.26. The van der Waals surface area contributed by atoms with E-state index >= 15 is 9.59 Å². The Morgan fingerprint density at radius 3 is 2.47 bits per heavy atom. The maximum Gasteiger partial charge on any atom is 0.242 e. The number of phenols is 1. The number of ether oxygens (including phenoxy) is 1. The van der Waals surface area contributed by atoms with Gasteiger partial charge in [0.15, 0.2) is 11.5 Å². The number of aromatic hydroxyl groups is 1. The van der Waals surface area contributed by atoms with Crippen molar-refractivity contribution in [3.05, 3.63) is 106 Å². The first-order valence-electron chi connectivity index (χ1n) is 20.7. The highest BCUT2D eigenvalue weighted by Gasteiger charge is 2.68. The number of carbonyl (C=O) groups is 4. The van der Waals surface area contributed by atoms with Crippen LogP contribution in [0.2, 0.25) is 5.02 Å². The SMILES string of the molecule is COc1cc(C2C3=CCC4C(=O)N(C5CCN(Cc6ccccc6)CC5)C(=O)C4C3CC3C(=O)N(c4cc(-c5sc6ccc(Cl)cc6c5C)nn4C)C(=O)C32C)ccc1O. The molecule has 10 rings (SSSR count). The van der Waals surface area contributed by atoms with Gasteiger partial charge in [-0.25, -0.2) is 4.90 Å². The van der Waals surface area contributed by atoms with Gasteiger partial charge in [0.2, 0.25) is 23.6 Å². The number of thiophene rings is 1. The summed E-state index contributed by atoms with van der Waals surface area (Å²) in [6.07, 6.45) is 4.09. The van der Waals surface area contributed by atoms with Crippen LogP contribution in [0.4, 0.5) is 5.82 Å². The van der Waals surface area contributed by atoms with E-state index in [1.54, 1.807) is 52.2 Å².